The van der Waals surface area contributed by atoms with E-state index >= 15 is 0 Å². The molecule has 11 heavy (non-hydrogen) atoms. The van der Waals surface area contributed by atoms with Crippen molar-refractivity contribution in [2.45, 2.75) is 33.1 Å². The van der Waals surface area contributed by atoms with E-state index in [1.165, 1.54) is 0 Å². The van der Waals surface area contributed by atoms with Gasteiger partial charge in [-0.2, -0.15) is 0 Å². The summed E-state index contributed by atoms with van der Waals surface area (Å²) in [5.41, 5.74) is 0. The van der Waals surface area contributed by atoms with E-state index in [1.807, 2.05) is 26.0 Å². The van der Waals surface area contributed by atoms with Gasteiger partial charge in [0.15, 0.2) is 0 Å². The summed E-state index contributed by atoms with van der Waals surface area (Å²) in [7, 11) is 0. The van der Waals surface area contributed by atoms with Gasteiger partial charge in [0.05, 0.1) is 6.61 Å². The summed E-state index contributed by atoms with van der Waals surface area (Å²) in [6, 6.07) is 0. The first-order chi connectivity index (χ1) is 5.31. The highest BCUT2D eigenvalue weighted by atomic mass is 16.5. The predicted molar refractivity (Wildman–Crippen MR) is 45.3 cm³/mol. The van der Waals surface area contributed by atoms with E-state index in [4.69, 9.17) is 4.74 Å². The molecule has 0 aliphatic carbocycles. The molecule has 0 aromatic heterocycles. The van der Waals surface area contributed by atoms with Crippen LogP contribution in [0.1, 0.15) is 33.1 Å². The second-order valence-corrected chi connectivity index (χ2v) is 2.33. The molecule has 0 N–H and O–H groups in total. The van der Waals surface area contributed by atoms with E-state index in [-0.39, 0.29) is 5.97 Å². The molecule has 2 nitrogen and oxygen atoms in total. The van der Waals surface area contributed by atoms with Crippen LogP contribution >= 0.6 is 0 Å². The van der Waals surface area contributed by atoms with Crippen molar-refractivity contribution in [2.75, 3.05) is 6.61 Å². The summed E-state index contributed by atoms with van der Waals surface area (Å²) in [4.78, 5) is 10.8. The molecule has 0 aliphatic heterocycles. The highest BCUT2D eigenvalue weighted by molar-refractivity contribution is 5.69. The summed E-state index contributed by atoms with van der Waals surface area (Å²) < 4.78 is 4.89. The number of hydrogen-bond acceptors (Lipinski definition) is 2. The maximum absolute atomic E-state index is 10.8. The Morgan fingerprint density at radius 3 is 2.82 bits per heavy atom. The molecular weight excluding hydrogens is 140 g/mol. The van der Waals surface area contributed by atoms with Gasteiger partial charge in [0.2, 0.25) is 0 Å². The molecule has 0 aliphatic rings. The van der Waals surface area contributed by atoms with Crippen molar-refractivity contribution in [3.05, 3.63) is 12.2 Å². The SMILES string of the molecule is C/C=C/CCOC(=O)CCC. The van der Waals surface area contributed by atoms with Crippen LogP contribution in [0, 0.1) is 0 Å². The Labute approximate surface area is 68.2 Å². The first-order valence-electron chi connectivity index (χ1n) is 4.08. The lowest BCUT2D eigenvalue weighted by atomic mass is 10.3. The summed E-state index contributed by atoms with van der Waals surface area (Å²) in [5.74, 6) is -0.0861. The predicted octanol–water partition coefficient (Wildman–Crippen LogP) is 2.30. The fraction of sp³-hybridized carbons (Fsp3) is 0.667. The molecule has 0 saturated carbocycles. The maximum atomic E-state index is 10.8. The third-order valence-electron chi connectivity index (χ3n) is 1.24. The highest BCUT2D eigenvalue weighted by Crippen LogP contribution is 1.92. The van der Waals surface area contributed by atoms with Gasteiger partial charge in [-0.25, -0.2) is 0 Å². The zero-order chi connectivity index (χ0) is 8.53. The minimum absolute atomic E-state index is 0.0861. The van der Waals surface area contributed by atoms with E-state index in [9.17, 15) is 4.79 Å². The molecule has 0 heterocycles. The summed E-state index contributed by atoms with van der Waals surface area (Å²) >= 11 is 0. The van der Waals surface area contributed by atoms with Crippen molar-refractivity contribution in [3.8, 4) is 0 Å². The Hall–Kier alpha value is -0.790. The topological polar surface area (TPSA) is 26.3 Å². The fourth-order valence-electron chi connectivity index (χ4n) is 0.684. The molecule has 0 fully saturated rings. The van der Waals surface area contributed by atoms with E-state index in [1.54, 1.807) is 0 Å². The number of hydrogen-bond donors (Lipinski definition) is 0. The molecule has 0 amide bonds. The van der Waals surface area contributed by atoms with Crippen LogP contribution in [-0.2, 0) is 9.53 Å². The lowest BCUT2D eigenvalue weighted by Gasteiger charge is -1.99. The van der Waals surface area contributed by atoms with Crippen LogP contribution in [0.4, 0.5) is 0 Å². The van der Waals surface area contributed by atoms with Gasteiger partial charge < -0.3 is 4.74 Å². The van der Waals surface area contributed by atoms with Crippen LogP contribution in [0.15, 0.2) is 12.2 Å². The van der Waals surface area contributed by atoms with Crippen molar-refractivity contribution >= 4 is 5.97 Å². The fourth-order valence-corrected chi connectivity index (χ4v) is 0.684. The van der Waals surface area contributed by atoms with Crippen molar-refractivity contribution in [3.63, 3.8) is 0 Å². The quantitative estimate of drug-likeness (QED) is 0.347. The molecule has 0 radical (unpaired) electrons. The Bertz CT molecular complexity index is 128. The average Bonchev–Trinajstić information content (AvgIpc) is 1.99. The molecule has 0 saturated heterocycles. The first kappa shape index (κ1) is 10.2. The molecule has 0 atom stereocenters. The molecule has 0 unspecified atom stereocenters. The van der Waals surface area contributed by atoms with Gasteiger partial charge in [-0.15, -0.1) is 0 Å². The van der Waals surface area contributed by atoms with Crippen molar-refractivity contribution in [1.29, 1.82) is 0 Å². The standard InChI is InChI=1S/C9H16O2/c1-3-5-6-8-11-9(10)7-4-2/h3,5H,4,6-8H2,1-2H3/b5-3+. The Morgan fingerprint density at radius 1 is 1.55 bits per heavy atom. The lowest BCUT2D eigenvalue weighted by molar-refractivity contribution is -0.143. The van der Waals surface area contributed by atoms with Gasteiger partial charge in [-0.1, -0.05) is 19.1 Å². The van der Waals surface area contributed by atoms with Gasteiger partial charge in [-0.05, 0) is 19.8 Å². The Morgan fingerprint density at radius 2 is 2.27 bits per heavy atom. The van der Waals surface area contributed by atoms with E-state index in [0.29, 0.717) is 13.0 Å². The molecule has 0 aromatic rings. The molecule has 64 valence electrons. The average molecular weight is 156 g/mol. The summed E-state index contributed by atoms with van der Waals surface area (Å²) in [6.45, 7) is 4.43. The van der Waals surface area contributed by atoms with Gasteiger partial charge >= 0.3 is 5.97 Å². The molecule has 0 bridgehead atoms. The monoisotopic (exact) mass is 156 g/mol. The molecule has 0 spiro atoms. The van der Waals surface area contributed by atoms with Crippen molar-refractivity contribution < 1.29 is 9.53 Å². The van der Waals surface area contributed by atoms with Crippen molar-refractivity contribution in [2.24, 2.45) is 0 Å². The van der Waals surface area contributed by atoms with E-state index in [2.05, 4.69) is 0 Å². The number of allylic oxidation sites excluding steroid dienone is 1. The van der Waals surface area contributed by atoms with Crippen LogP contribution in [-0.4, -0.2) is 12.6 Å². The molecular formula is C9H16O2. The van der Waals surface area contributed by atoms with Crippen LogP contribution in [0.25, 0.3) is 0 Å². The normalized spacial score (nSPS) is 10.4. The largest absolute Gasteiger partial charge is 0.465 e. The van der Waals surface area contributed by atoms with Gasteiger partial charge in [0, 0.05) is 6.42 Å². The Kier molecular flexibility index (Phi) is 6.79. The minimum atomic E-state index is -0.0861. The number of carbonyl (C=O) groups is 1. The van der Waals surface area contributed by atoms with Crippen LogP contribution < -0.4 is 0 Å². The van der Waals surface area contributed by atoms with Gasteiger partial charge in [0.25, 0.3) is 0 Å². The lowest BCUT2D eigenvalue weighted by Crippen LogP contribution is -2.04. The zero-order valence-electron chi connectivity index (χ0n) is 7.30. The number of rotatable bonds is 5. The third-order valence-corrected chi connectivity index (χ3v) is 1.24. The molecule has 0 aromatic carbocycles. The van der Waals surface area contributed by atoms with E-state index in [0.717, 1.165) is 12.8 Å². The van der Waals surface area contributed by atoms with E-state index < -0.39 is 0 Å². The zero-order valence-corrected chi connectivity index (χ0v) is 7.30. The second kappa shape index (κ2) is 7.32. The molecule has 0 rings (SSSR count). The van der Waals surface area contributed by atoms with Crippen LogP contribution in [0.5, 0.6) is 0 Å². The van der Waals surface area contributed by atoms with Gasteiger partial charge in [0.1, 0.15) is 0 Å². The number of ether oxygens (including phenoxy) is 1. The summed E-state index contributed by atoms with van der Waals surface area (Å²) in [6.07, 6.45) is 6.16. The minimum Gasteiger partial charge on any atom is -0.465 e. The smallest absolute Gasteiger partial charge is 0.305 e. The maximum Gasteiger partial charge on any atom is 0.305 e. The van der Waals surface area contributed by atoms with Crippen molar-refractivity contribution in [1.82, 2.24) is 0 Å². The van der Waals surface area contributed by atoms with Crippen LogP contribution in [0.2, 0.25) is 0 Å². The van der Waals surface area contributed by atoms with Crippen LogP contribution in [0.3, 0.4) is 0 Å². The number of esters is 1. The Balaban J connectivity index is 3.17. The van der Waals surface area contributed by atoms with Gasteiger partial charge in [-0.3, -0.25) is 4.79 Å². The second-order valence-electron chi connectivity index (χ2n) is 2.33. The number of carbonyl (C=O) groups excluding carboxylic acids is 1. The first-order valence-corrected chi connectivity index (χ1v) is 4.08. The molecule has 2 heteroatoms. The third kappa shape index (κ3) is 7.10. The highest BCUT2D eigenvalue weighted by Gasteiger charge is 1.97. The summed E-state index contributed by atoms with van der Waals surface area (Å²) in [5, 5.41) is 0.